The van der Waals surface area contributed by atoms with Crippen molar-refractivity contribution < 1.29 is 0 Å². The highest BCUT2D eigenvalue weighted by atomic mass is 15.0. The van der Waals surface area contributed by atoms with Crippen molar-refractivity contribution in [2.24, 2.45) is 0 Å². The maximum atomic E-state index is 9.32. The summed E-state index contributed by atoms with van der Waals surface area (Å²) >= 11 is 0. The topological polar surface area (TPSA) is 51.6 Å². The molecule has 0 aliphatic rings. The third kappa shape index (κ3) is 2.04. The molecular formula is C16H13N3. The van der Waals surface area contributed by atoms with Crippen LogP contribution in [-0.2, 0) is 0 Å². The molecule has 0 atom stereocenters. The van der Waals surface area contributed by atoms with Gasteiger partial charge >= 0.3 is 0 Å². The Morgan fingerprint density at radius 3 is 2.53 bits per heavy atom. The Hall–Kier alpha value is -2.73. The Balaban J connectivity index is 2.05. The average Bonchev–Trinajstić information content (AvgIpc) is 2.78. The number of nitriles is 1. The first kappa shape index (κ1) is 11.4. The SMILES string of the molecule is Cc1ccc(Nc2[nH]c3ccccc3c2C#N)cc1. The van der Waals surface area contributed by atoms with Crippen molar-refractivity contribution in [2.75, 3.05) is 5.32 Å². The molecule has 0 bridgehead atoms. The highest BCUT2D eigenvalue weighted by Gasteiger charge is 2.10. The van der Waals surface area contributed by atoms with Gasteiger partial charge in [-0.2, -0.15) is 5.26 Å². The molecule has 0 saturated carbocycles. The molecule has 3 nitrogen and oxygen atoms in total. The van der Waals surface area contributed by atoms with Crippen LogP contribution >= 0.6 is 0 Å². The molecular weight excluding hydrogens is 234 g/mol. The normalized spacial score (nSPS) is 10.3. The van der Waals surface area contributed by atoms with E-state index in [1.807, 2.05) is 55.5 Å². The lowest BCUT2D eigenvalue weighted by molar-refractivity contribution is 1.39. The molecule has 3 heteroatoms. The Morgan fingerprint density at radius 1 is 1.05 bits per heavy atom. The second-order valence-electron chi connectivity index (χ2n) is 4.52. The second-order valence-corrected chi connectivity index (χ2v) is 4.52. The third-order valence-electron chi connectivity index (χ3n) is 3.14. The molecule has 0 amide bonds. The van der Waals surface area contributed by atoms with Crippen LogP contribution in [0, 0.1) is 18.3 Å². The zero-order chi connectivity index (χ0) is 13.2. The second kappa shape index (κ2) is 4.51. The summed E-state index contributed by atoms with van der Waals surface area (Å²) in [7, 11) is 0. The van der Waals surface area contributed by atoms with Crippen LogP contribution < -0.4 is 5.32 Å². The maximum Gasteiger partial charge on any atom is 0.127 e. The number of fused-ring (bicyclic) bond motifs is 1. The number of rotatable bonds is 2. The van der Waals surface area contributed by atoms with Gasteiger partial charge in [-0.1, -0.05) is 35.9 Å². The zero-order valence-corrected chi connectivity index (χ0v) is 10.6. The van der Waals surface area contributed by atoms with Crippen molar-refractivity contribution >= 4 is 22.4 Å². The van der Waals surface area contributed by atoms with E-state index in [-0.39, 0.29) is 0 Å². The fourth-order valence-corrected chi connectivity index (χ4v) is 2.13. The molecule has 92 valence electrons. The van der Waals surface area contributed by atoms with Gasteiger partial charge in [0.2, 0.25) is 0 Å². The van der Waals surface area contributed by atoms with E-state index in [0.717, 1.165) is 22.4 Å². The minimum Gasteiger partial charge on any atom is -0.341 e. The predicted molar refractivity (Wildman–Crippen MR) is 77.5 cm³/mol. The van der Waals surface area contributed by atoms with Crippen LogP contribution in [0.15, 0.2) is 48.5 Å². The van der Waals surface area contributed by atoms with Gasteiger partial charge in [0.15, 0.2) is 0 Å². The Morgan fingerprint density at radius 2 is 1.79 bits per heavy atom. The first-order chi connectivity index (χ1) is 9.28. The highest BCUT2D eigenvalue weighted by molar-refractivity contribution is 5.92. The van der Waals surface area contributed by atoms with E-state index in [1.165, 1.54) is 5.56 Å². The number of aromatic amines is 1. The smallest absolute Gasteiger partial charge is 0.127 e. The van der Waals surface area contributed by atoms with E-state index in [9.17, 15) is 5.26 Å². The van der Waals surface area contributed by atoms with Crippen LogP contribution in [0.4, 0.5) is 11.5 Å². The molecule has 0 spiro atoms. The van der Waals surface area contributed by atoms with Gasteiger partial charge in [-0.3, -0.25) is 0 Å². The monoisotopic (exact) mass is 247 g/mol. The first-order valence-corrected chi connectivity index (χ1v) is 6.12. The summed E-state index contributed by atoms with van der Waals surface area (Å²) in [6.07, 6.45) is 0. The molecule has 3 rings (SSSR count). The van der Waals surface area contributed by atoms with E-state index < -0.39 is 0 Å². The van der Waals surface area contributed by atoms with E-state index in [1.54, 1.807) is 0 Å². The third-order valence-corrected chi connectivity index (χ3v) is 3.14. The lowest BCUT2D eigenvalue weighted by Crippen LogP contribution is -1.92. The molecule has 1 heterocycles. The molecule has 1 aromatic heterocycles. The first-order valence-electron chi connectivity index (χ1n) is 6.12. The van der Waals surface area contributed by atoms with Gasteiger partial charge in [0.25, 0.3) is 0 Å². The fraction of sp³-hybridized carbons (Fsp3) is 0.0625. The van der Waals surface area contributed by atoms with Crippen LogP contribution in [0.1, 0.15) is 11.1 Å². The van der Waals surface area contributed by atoms with Crippen LogP contribution in [0.5, 0.6) is 0 Å². The van der Waals surface area contributed by atoms with Gasteiger partial charge in [-0.05, 0) is 25.1 Å². The summed E-state index contributed by atoms with van der Waals surface area (Å²) in [6.45, 7) is 2.05. The zero-order valence-electron chi connectivity index (χ0n) is 10.6. The molecule has 0 radical (unpaired) electrons. The average molecular weight is 247 g/mol. The highest BCUT2D eigenvalue weighted by Crippen LogP contribution is 2.27. The molecule has 0 aliphatic heterocycles. The van der Waals surface area contributed by atoms with Crippen molar-refractivity contribution in [3.05, 3.63) is 59.7 Å². The number of aryl methyl sites for hydroxylation is 1. The minimum absolute atomic E-state index is 0.649. The van der Waals surface area contributed by atoms with E-state index in [4.69, 9.17) is 0 Å². The summed E-state index contributed by atoms with van der Waals surface area (Å²) in [6, 6.07) is 18.1. The lowest BCUT2D eigenvalue weighted by atomic mass is 10.2. The van der Waals surface area contributed by atoms with Crippen LogP contribution in [0.2, 0.25) is 0 Å². The maximum absolute atomic E-state index is 9.32. The molecule has 3 aromatic rings. The van der Waals surface area contributed by atoms with Gasteiger partial charge in [-0.15, -0.1) is 0 Å². The Kier molecular flexibility index (Phi) is 2.70. The molecule has 0 saturated heterocycles. The number of hydrogen-bond acceptors (Lipinski definition) is 2. The molecule has 0 fully saturated rings. The number of nitrogens with one attached hydrogen (secondary N) is 2. The van der Waals surface area contributed by atoms with Gasteiger partial charge in [0, 0.05) is 16.6 Å². The molecule has 0 aliphatic carbocycles. The summed E-state index contributed by atoms with van der Waals surface area (Å²) in [4.78, 5) is 3.24. The number of benzene rings is 2. The molecule has 19 heavy (non-hydrogen) atoms. The number of anilines is 2. The Labute approximate surface area is 111 Å². The van der Waals surface area contributed by atoms with Crippen LogP contribution in [0.3, 0.4) is 0 Å². The van der Waals surface area contributed by atoms with Crippen LogP contribution in [0.25, 0.3) is 10.9 Å². The predicted octanol–water partition coefficient (Wildman–Crippen LogP) is 4.09. The lowest BCUT2D eigenvalue weighted by Gasteiger charge is -2.04. The summed E-state index contributed by atoms with van der Waals surface area (Å²) in [5.74, 6) is 0.743. The van der Waals surface area contributed by atoms with Crippen LogP contribution in [-0.4, -0.2) is 4.98 Å². The molecule has 2 N–H and O–H groups in total. The largest absolute Gasteiger partial charge is 0.341 e. The van der Waals surface area contributed by atoms with Gasteiger partial charge in [0.1, 0.15) is 17.5 Å². The Bertz CT molecular complexity index is 761. The van der Waals surface area contributed by atoms with Gasteiger partial charge < -0.3 is 10.3 Å². The number of H-pyrrole nitrogens is 1. The number of para-hydroxylation sites is 1. The molecule has 0 unspecified atom stereocenters. The quantitative estimate of drug-likeness (QED) is 0.716. The number of nitrogens with zero attached hydrogens (tertiary/aromatic N) is 1. The molecule has 2 aromatic carbocycles. The van der Waals surface area contributed by atoms with Gasteiger partial charge in [-0.25, -0.2) is 0 Å². The van der Waals surface area contributed by atoms with E-state index >= 15 is 0 Å². The number of hydrogen-bond donors (Lipinski definition) is 2. The van der Waals surface area contributed by atoms with Crippen molar-refractivity contribution in [1.82, 2.24) is 4.98 Å². The summed E-state index contributed by atoms with van der Waals surface area (Å²) in [5, 5.41) is 13.5. The van der Waals surface area contributed by atoms with Crippen molar-refractivity contribution in [1.29, 1.82) is 5.26 Å². The fourth-order valence-electron chi connectivity index (χ4n) is 2.13. The van der Waals surface area contributed by atoms with E-state index in [0.29, 0.717) is 5.56 Å². The summed E-state index contributed by atoms with van der Waals surface area (Å²) in [5.41, 5.74) is 3.79. The van der Waals surface area contributed by atoms with Crippen molar-refractivity contribution in [3.63, 3.8) is 0 Å². The van der Waals surface area contributed by atoms with Crippen molar-refractivity contribution in [2.45, 2.75) is 6.92 Å². The number of aromatic nitrogens is 1. The summed E-state index contributed by atoms with van der Waals surface area (Å²) < 4.78 is 0. The van der Waals surface area contributed by atoms with Crippen molar-refractivity contribution in [3.8, 4) is 6.07 Å². The minimum atomic E-state index is 0.649. The van der Waals surface area contributed by atoms with Gasteiger partial charge in [0.05, 0.1) is 0 Å². The standard InChI is InChI=1S/C16H13N3/c1-11-6-8-12(9-7-11)18-16-14(10-17)13-4-2-3-5-15(13)19-16/h2-9,18-19H,1H3. The van der Waals surface area contributed by atoms with E-state index in [2.05, 4.69) is 16.4 Å².